The number of aryl methyl sites for hydroxylation is 1. The minimum atomic E-state index is -3.95. The summed E-state index contributed by atoms with van der Waals surface area (Å²) in [6.07, 6.45) is 1.20. The van der Waals surface area contributed by atoms with Crippen LogP contribution in [0.1, 0.15) is 24.8 Å². The minimum Gasteiger partial charge on any atom is -0.306 e. The molecule has 2 fully saturated rings. The second-order valence-electron chi connectivity index (χ2n) is 7.03. The predicted molar refractivity (Wildman–Crippen MR) is 83.4 cm³/mol. The van der Waals surface area contributed by atoms with E-state index >= 15 is 0 Å². The van der Waals surface area contributed by atoms with Crippen molar-refractivity contribution in [2.75, 3.05) is 11.9 Å². The standard InChI is InChI=1S/C16H18F2N2O3S/c1-9-2-5-14-13(6-9)19-15(21)20(24(14,22)23)8-10-3-4-11-12(7-10)16(11,17)18/h2,5-6,10-12H,3-4,7-8H2,1H3,(H,19,21). The quantitative estimate of drug-likeness (QED) is 0.885. The number of urea groups is 1. The van der Waals surface area contributed by atoms with Crippen LogP contribution in [0.4, 0.5) is 19.3 Å². The van der Waals surface area contributed by atoms with Crippen molar-refractivity contribution in [3.63, 3.8) is 0 Å². The van der Waals surface area contributed by atoms with Gasteiger partial charge in [0.1, 0.15) is 4.90 Å². The molecule has 1 aliphatic heterocycles. The van der Waals surface area contributed by atoms with Gasteiger partial charge in [-0.05, 0) is 49.8 Å². The zero-order chi connectivity index (χ0) is 17.3. The Hall–Kier alpha value is -1.70. The normalized spacial score (nSPS) is 32.5. The van der Waals surface area contributed by atoms with E-state index in [4.69, 9.17) is 0 Å². The molecule has 8 heteroatoms. The molecule has 130 valence electrons. The number of alkyl halides is 2. The number of hydrogen-bond donors (Lipinski definition) is 1. The number of nitrogens with zero attached hydrogens (tertiary/aromatic N) is 1. The Labute approximate surface area is 139 Å². The molecule has 1 aromatic carbocycles. The van der Waals surface area contributed by atoms with E-state index in [2.05, 4.69) is 5.32 Å². The van der Waals surface area contributed by atoms with Gasteiger partial charge < -0.3 is 5.32 Å². The summed E-state index contributed by atoms with van der Waals surface area (Å²) < 4.78 is 53.3. The highest BCUT2D eigenvalue weighted by atomic mass is 32.2. The molecule has 2 aliphatic carbocycles. The SMILES string of the molecule is Cc1ccc2c(c1)NC(=O)N(CC1CCC3C(C1)C3(F)F)S2(=O)=O. The first-order valence-electron chi connectivity index (χ1n) is 8.03. The molecule has 1 N–H and O–H groups in total. The van der Waals surface area contributed by atoms with Crippen LogP contribution in [-0.2, 0) is 10.0 Å². The van der Waals surface area contributed by atoms with Crippen molar-refractivity contribution in [1.29, 1.82) is 0 Å². The molecule has 24 heavy (non-hydrogen) atoms. The molecule has 0 spiro atoms. The van der Waals surface area contributed by atoms with E-state index in [-0.39, 0.29) is 29.5 Å². The number of fused-ring (bicyclic) bond motifs is 2. The third-order valence-corrected chi connectivity index (χ3v) is 7.24. The Morgan fingerprint density at radius 2 is 2.04 bits per heavy atom. The van der Waals surface area contributed by atoms with Crippen LogP contribution >= 0.6 is 0 Å². The molecule has 0 aromatic heterocycles. The maximum absolute atomic E-state index is 13.5. The third kappa shape index (κ3) is 2.22. The fourth-order valence-electron chi connectivity index (χ4n) is 4.02. The lowest BCUT2D eigenvalue weighted by molar-refractivity contribution is 0.0842. The predicted octanol–water partition coefficient (Wildman–Crippen LogP) is 3.21. The molecule has 0 radical (unpaired) electrons. The summed E-state index contributed by atoms with van der Waals surface area (Å²) in [5.41, 5.74) is 1.11. The molecule has 0 saturated heterocycles. The van der Waals surface area contributed by atoms with Gasteiger partial charge in [0, 0.05) is 18.4 Å². The highest BCUT2D eigenvalue weighted by Gasteiger charge is 2.68. The van der Waals surface area contributed by atoms with E-state index in [1.54, 1.807) is 19.1 Å². The van der Waals surface area contributed by atoms with Crippen LogP contribution in [-0.4, -0.2) is 31.2 Å². The third-order valence-electron chi connectivity index (χ3n) is 5.43. The zero-order valence-electron chi connectivity index (χ0n) is 13.1. The fourth-order valence-corrected chi connectivity index (χ4v) is 5.56. The second kappa shape index (κ2) is 4.91. The van der Waals surface area contributed by atoms with Crippen molar-refractivity contribution in [2.45, 2.75) is 37.0 Å². The number of rotatable bonds is 2. The molecule has 2 saturated carbocycles. The van der Waals surface area contributed by atoms with Crippen molar-refractivity contribution < 1.29 is 22.0 Å². The maximum atomic E-state index is 13.5. The number of benzene rings is 1. The van der Waals surface area contributed by atoms with Gasteiger partial charge >= 0.3 is 6.03 Å². The lowest BCUT2D eigenvalue weighted by atomic mass is 9.89. The maximum Gasteiger partial charge on any atom is 0.335 e. The smallest absolute Gasteiger partial charge is 0.306 e. The second-order valence-corrected chi connectivity index (χ2v) is 8.86. The van der Waals surface area contributed by atoms with E-state index in [0.717, 1.165) is 9.87 Å². The molecule has 3 unspecified atom stereocenters. The molecule has 3 atom stereocenters. The van der Waals surface area contributed by atoms with Crippen molar-refractivity contribution in [3.05, 3.63) is 23.8 Å². The summed E-state index contributed by atoms with van der Waals surface area (Å²) in [6.45, 7) is 1.76. The Balaban J connectivity index is 1.58. The van der Waals surface area contributed by atoms with Crippen LogP contribution in [0.2, 0.25) is 0 Å². The summed E-state index contributed by atoms with van der Waals surface area (Å²) in [6, 6.07) is 4.04. The van der Waals surface area contributed by atoms with Gasteiger partial charge in [-0.25, -0.2) is 26.3 Å². The van der Waals surface area contributed by atoms with Gasteiger partial charge in [-0.15, -0.1) is 0 Å². The van der Waals surface area contributed by atoms with Crippen LogP contribution in [0.3, 0.4) is 0 Å². The van der Waals surface area contributed by atoms with Gasteiger partial charge in [-0.3, -0.25) is 0 Å². The first-order chi connectivity index (χ1) is 11.2. The number of carbonyl (C=O) groups excluding carboxylic acids is 1. The first kappa shape index (κ1) is 15.8. The van der Waals surface area contributed by atoms with Crippen LogP contribution in [0, 0.1) is 24.7 Å². The fraction of sp³-hybridized carbons (Fsp3) is 0.562. The zero-order valence-corrected chi connectivity index (χ0v) is 13.9. The number of nitrogens with one attached hydrogen (secondary N) is 1. The summed E-state index contributed by atoms with van der Waals surface area (Å²) in [5.74, 6) is -4.03. The van der Waals surface area contributed by atoms with Crippen molar-refractivity contribution in [1.82, 2.24) is 4.31 Å². The molecule has 5 nitrogen and oxygen atoms in total. The molecule has 1 heterocycles. The number of anilines is 1. The Bertz CT molecular complexity index is 825. The number of hydrogen-bond acceptors (Lipinski definition) is 3. The first-order valence-corrected chi connectivity index (χ1v) is 9.47. The number of sulfonamides is 1. The van der Waals surface area contributed by atoms with E-state index < -0.39 is 33.8 Å². The Kier molecular flexibility index (Phi) is 3.23. The van der Waals surface area contributed by atoms with Gasteiger partial charge in [-0.1, -0.05) is 6.07 Å². The van der Waals surface area contributed by atoms with E-state index in [0.29, 0.717) is 12.8 Å². The van der Waals surface area contributed by atoms with Crippen molar-refractivity contribution >= 4 is 21.7 Å². The monoisotopic (exact) mass is 356 g/mol. The van der Waals surface area contributed by atoms with Gasteiger partial charge in [0.2, 0.25) is 0 Å². The van der Waals surface area contributed by atoms with Gasteiger partial charge in [0.05, 0.1) is 5.69 Å². The average molecular weight is 356 g/mol. The number of carbonyl (C=O) groups is 1. The van der Waals surface area contributed by atoms with Crippen molar-refractivity contribution in [2.24, 2.45) is 17.8 Å². The molecule has 0 bridgehead atoms. The summed E-state index contributed by atoms with van der Waals surface area (Å²) in [4.78, 5) is 12.3. The minimum absolute atomic E-state index is 0.0409. The summed E-state index contributed by atoms with van der Waals surface area (Å²) in [7, 11) is -3.95. The highest BCUT2D eigenvalue weighted by Crippen LogP contribution is 2.63. The number of halogens is 2. The summed E-state index contributed by atoms with van der Waals surface area (Å²) >= 11 is 0. The molecular formula is C16H18F2N2O3S. The summed E-state index contributed by atoms with van der Waals surface area (Å²) in [5, 5.41) is 2.59. The average Bonchev–Trinajstić information content (AvgIpc) is 3.04. The topological polar surface area (TPSA) is 66.5 Å². The van der Waals surface area contributed by atoms with E-state index in [1.807, 2.05) is 0 Å². The van der Waals surface area contributed by atoms with Crippen LogP contribution in [0.25, 0.3) is 0 Å². The van der Waals surface area contributed by atoms with Crippen LogP contribution < -0.4 is 5.32 Å². The molecule has 4 rings (SSSR count). The van der Waals surface area contributed by atoms with Gasteiger partial charge in [0.25, 0.3) is 15.9 Å². The van der Waals surface area contributed by atoms with E-state index in [1.165, 1.54) is 6.07 Å². The molecule has 1 aromatic rings. The van der Waals surface area contributed by atoms with Crippen molar-refractivity contribution in [3.8, 4) is 0 Å². The van der Waals surface area contributed by atoms with Gasteiger partial charge in [0.15, 0.2) is 0 Å². The number of amides is 2. The Morgan fingerprint density at radius 3 is 2.75 bits per heavy atom. The molecule has 2 amide bonds. The van der Waals surface area contributed by atoms with Crippen LogP contribution in [0.5, 0.6) is 0 Å². The van der Waals surface area contributed by atoms with E-state index in [9.17, 15) is 22.0 Å². The lowest BCUT2D eigenvalue weighted by Crippen LogP contribution is -2.46. The molecular weight excluding hydrogens is 338 g/mol. The van der Waals surface area contributed by atoms with Gasteiger partial charge in [-0.2, -0.15) is 0 Å². The largest absolute Gasteiger partial charge is 0.335 e. The molecule has 3 aliphatic rings. The lowest BCUT2D eigenvalue weighted by Gasteiger charge is -2.32. The Morgan fingerprint density at radius 1 is 1.29 bits per heavy atom. The highest BCUT2D eigenvalue weighted by molar-refractivity contribution is 7.90. The van der Waals surface area contributed by atoms with Crippen LogP contribution in [0.15, 0.2) is 23.1 Å².